The molecule has 2 rings (SSSR count). The molecule has 0 aliphatic carbocycles. The third kappa shape index (κ3) is 6.09. The van der Waals surface area contributed by atoms with Gasteiger partial charge in [0, 0.05) is 12.1 Å². The van der Waals surface area contributed by atoms with Gasteiger partial charge in [0.25, 0.3) is 5.69 Å². The molecule has 154 valence electrons. The number of hydrogen-bond donors (Lipinski definition) is 2. The van der Waals surface area contributed by atoms with Crippen molar-refractivity contribution in [3.05, 3.63) is 70.3 Å². The molecule has 0 heterocycles. The van der Waals surface area contributed by atoms with Crippen molar-refractivity contribution in [1.82, 2.24) is 0 Å². The zero-order chi connectivity index (χ0) is 21.3. The minimum absolute atomic E-state index is 0.0103. The van der Waals surface area contributed by atoms with Crippen LogP contribution in [-0.2, 0) is 20.9 Å². The van der Waals surface area contributed by atoms with Crippen molar-refractivity contribution < 1.29 is 24.0 Å². The van der Waals surface area contributed by atoms with Crippen molar-refractivity contribution in [3.63, 3.8) is 0 Å². The van der Waals surface area contributed by atoms with Gasteiger partial charge in [0.15, 0.2) is 0 Å². The van der Waals surface area contributed by atoms with Gasteiger partial charge >= 0.3 is 11.9 Å². The SMILES string of the molecule is NCCCC[C@@](N)(C(=O)OCc1ccccc1)C(=O)Oc1ccc([N+](=O)[O-])cc1. The van der Waals surface area contributed by atoms with Crippen molar-refractivity contribution in [2.75, 3.05) is 6.54 Å². The molecule has 0 fully saturated rings. The van der Waals surface area contributed by atoms with Gasteiger partial charge in [0.2, 0.25) is 5.54 Å². The second kappa shape index (κ2) is 10.3. The molecule has 2 aromatic carbocycles. The normalized spacial score (nSPS) is 12.6. The molecule has 4 N–H and O–H groups in total. The molecule has 0 radical (unpaired) electrons. The van der Waals surface area contributed by atoms with Crippen LogP contribution in [0.3, 0.4) is 0 Å². The third-order valence-electron chi connectivity index (χ3n) is 4.22. The number of ether oxygens (including phenoxy) is 2. The van der Waals surface area contributed by atoms with Gasteiger partial charge in [-0.25, -0.2) is 9.59 Å². The summed E-state index contributed by atoms with van der Waals surface area (Å²) >= 11 is 0. The van der Waals surface area contributed by atoms with Crippen LogP contribution in [0.15, 0.2) is 54.6 Å². The molecule has 2 aromatic rings. The van der Waals surface area contributed by atoms with Gasteiger partial charge in [-0.3, -0.25) is 10.1 Å². The summed E-state index contributed by atoms with van der Waals surface area (Å²) in [5.41, 5.74) is 10.2. The Morgan fingerprint density at radius 3 is 2.24 bits per heavy atom. The number of carbonyl (C=O) groups excluding carboxylic acids is 2. The van der Waals surface area contributed by atoms with E-state index in [1.54, 1.807) is 24.3 Å². The average molecular weight is 401 g/mol. The van der Waals surface area contributed by atoms with Gasteiger partial charge in [-0.1, -0.05) is 30.3 Å². The van der Waals surface area contributed by atoms with Crippen LogP contribution in [-0.4, -0.2) is 28.9 Å². The summed E-state index contributed by atoms with van der Waals surface area (Å²) < 4.78 is 10.4. The number of carbonyl (C=O) groups is 2. The van der Waals surface area contributed by atoms with E-state index in [0.29, 0.717) is 19.4 Å². The van der Waals surface area contributed by atoms with Crippen molar-refractivity contribution in [2.24, 2.45) is 11.5 Å². The smallest absolute Gasteiger partial charge is 0.343 e. The first-order valence-corrected chi connectivity index (χ1v) is 9.03. The zero-order valence-corrected chi connectivity index (χ0v) is 15.8. The van der Waals surface area contributed by atoms with Gasteiger partial charge in [-0.15, -0.1) is 0 Å². The van der Waals surface area contributed by atoms with Crippen LogP contribution in [0.2, 0.25) is 0 Å². The molecular formula is C20H23N3O6. The minimum Gasteiger partial charge on any atom is -0.459 e. The summed E-state index contributed by atoms with van der Waals surface area (Å²) in [7, 11) is 0. The molecule has 29 heavy (non-hydrogen) atoms. The van der Waals surface area contributed by atoms with Crippen LogP contribution in [0, 0.1) is 10.1 Å². The standard InChI is InChI=1S/C20H23N3O6/c21-13-5-4-12-20(22,18(24)28-14-15-6-2-1-3-7-15)19(25)29-17-10-8-16(9-11-17)23(26)27/h1-3,6-11H,4-5,12-14,21-22H2/t20-/m1/s1. The van der Waals surface area contributed by atoms with Gasteiger partial charge in [-0.05, 0) is 43.5 Å². The number of non-ortho nitro benzene ring substituents is 1. The number of esters is 2. The Morgan fingerprint density at radius 2 is 1.66 bits per heavy atom. The highest BCUT2D eigenvalue weighted by Crippen LogP contribution is 2.22. The lowest BCUT2D eigenvalue weighted by atomic mass is 9.93. The molecular weight excluding hydrogens is 378 g/mol. The number of rotatable bonds is 10. The predicted octanol–water partition coefficient (Wildman–Crippen LogP) is 2.07. The van der Waals surface area contributed by atoms with E-state index in [-0.39, 0.29) is 24.5 Å². The summed E-state index contributed by atoms with van der Waals surface area (Å²) in [5, 5.41) is 10.7. The van der Waals surface area contributed by atoms with E-state index >= 15 is 0 Å². The number of hydrogen-bond acceptors (Lipinski definition) is 8. The molecule has 0 unspecified atom stereocenters. The lowest BCUT2D eigenvalue weighted by Gasteiger charge is -2.25. The molecule has 9 nitrogen and oxygen atoms in total. The van der Waals surface area contributed by atoms with E-state index in [2.05, 4.69) is 0 Å². The molecule has 0 aliphatic heterocycles. The Bertz CT molecular complexity index is 841. The topological polar surface area (TPSA) is 148 Å². The summed E-state index contributed by atoms with van der Waals surface area (Å²) in [6, 6.07) is 13.8. The molecule has 9 heteroatoms. The lowest BCUT2D eigenvalue weighted by molar-refractivity contribution is -0.384. The van der Waals surface area contributed by atoms with E-state index in [9.17, 15) is 19.7 Å². The van der Waals surface area contributed by atoms with Crippen LogP contribution in [0.1, 0.15) is 24.8 Å². The van der Waals surface area contributed by atoms with Gasteiger partial charge in [0.1, 0.15) is 12.4 Å². The van der Waals surface area contributed by atoms with Crippen LogP contribution >= 0.6 is 0 Å². The molecule has 0 amide bonds. The largest absolute Gasteiger partial charge is 0.459 e. The molecule has 0 spiro atoms. The van der Waals surface area contributed by atoms with Crippen molar-refractivity contribution in [1.29, 1.82) is 0 Å². The second-order valence-corrected chi connectivity index (χ2v) is 6.42. The highest BCUT2D eigenvalue weighted by atomic mass is 16.6. The Labute approximate surface area is 167 Å². The summed E-state index contributed by atoms with van der Waals surface area (Å²) in [6.45, 7) is 0.340. The number of nitrogens with zero attached hydrogens (tertiary/aromatic N) is 1. The van der Waals surface area contributed by atoms with Crippen LogP contribution in [0.4, 0.5) is 5.69 Å². The van der Waals surface area contributed by atoms with E-state index in [4.69, 9.17) is 20.9 Å². The molecule has 0 saturated carbocycles. The monoisotopic (exact) mass is 401 g/mol. The Morgan fingerprint density at radius 1 is 1.00 bits per heavy atom. The second-order valence-electron chi connectivity index (χ2n) is 6.42. The number of nitrogens with two attached hydrogens (primary N) is 2. The van der Waals surface area contributed by atoms with Crippen molar-refractivity contribution in [2.45, 2.75) is 31.4 Å². The number of nitro groups is 1. The van der Waals surface area contributed by atoms with Crippen molar-refractivity contribution >= 4 is 17.6 Å². The molecule has 0 aromatic heterocycles. The Kier molecular flexibility index (Phi) is 7.81. The Balaban J connectivity index is 2.11. The zero-order valence-electron chi connectivity index (χ0n) is 15.8. The first-order chi connectivity index (χ1) is 13.9. The Hall–Kier alpha value is -3.30. The first kappa shape index (κ1) is 22.0. The minimum atomic E-state index is -2.02. The van der Waals surface area contributed by atoms with E-state index in [1.807, 2.05) is 6.07 Å². The van der Waals surface area contributed by atoms with Gasteiger partial charge < -0.3 is 20.9 Å². The number of nitro benzene ring substituents is 1. The molecule has 0 aliphatic rings. The summed E-state index contributed by atoms with van der Waals surface area (Å²) in [4.78, 5) is 35.5. The maximum atomic E-state index is 12.7. The van der Waals surface area contributed by atoms with Crippen molar-refractivity contribution in [3.8, 4) is 5.75 Å². The fourth-order valence-corrected chi connectivity index (χ4v) is 2.52. The highest BCUT2D eigenvalue weighted by molar-refractivity contribution is 6.05. The van der Waals surface area contributed by atoms with Crippen LogP contribution in [0.5, 0.6) is 5.75 Å². The number of unbranched alkanes of at least 4 members (excludes halogenated alkanes) is 1. The maximum absolute atomic E-state index is 12.7. The van der Waals surface area contributed by atoms with Gasteiger partial charge in [-0.2, -0.15) is 0 Å². The van der Waals surface area contributed by atoms with E-state index in [0.717, 1.165) is 5.56 Å². The highest BCUT2D eigenvalue weighted by Gasteiger charge is 2.45. The molecule has 1 atom stereocenters. The van der Waals surface area contributed by atoms with E-state index < -0.39 is 22.4 Å². The number of benzene rings is 2. The maximum Gasteiger partial charge on any atom is 0.343 e. The lowest BCUT2D eigenvalue weighted by Crippen LogP contribution is -2.57. The molecule has 0 saturated heterocycles. The first-order valence-electron chi connectivity index (χ1n) is 9.03. The average Bonchev–Trinajstić information content (AvgIpc) is 2.73. The summed E-state index contributed by atoms with van der Waals surface area (Å²) in [5.74, 6) is -1.88. The predicted molar refractivity (Wildman–Crippen MR) is 105 cm³/mol. The van der Waals surface area contributed by atoms with Crippen LogP contribution < -0.4 is 16.2 Å². The quantitative estimate of drug-likeness (QED) is 0.153. The third-order valence-corrected chi connectivity index (χ3v) is 4.22. The van der Waals surface area contributed by atoms with Gasteiger partial charge in [0.05, 0.1) is 4.92 Å². The fraction of sp³-hybridized carbons (Fsp3) is 0.300. The van der Waals surface area contributed by atoms with Crippen LogP contribution in [0.25, 0.3) is 0 Å². The fourth-order valence-electron chi connectivity index (χ4n) is 2.52. The molecule has 0 bridgehead atoms. The summed E-state index contributed by atoms with van der Waals surface area (Å²) in [6.07, 6.45) is 0.974. The van der Waals surface area contributed by atoms with E-state index in [1.165, 1.54) is 24.3 Å².